The normalized spacial score (nSPS) is 18.5. The van der Waals surface area contributed by atoms with Crippen LogP contribution in [0.1, 0.15) is 10.4 Å². The molecule has 1 aliphatic rings. The quantitative estimate of drug-likeness (QED) is 0.718. The maximum absolute atomic E-state index is 12.0. The molecule has 7 heteroatoms. The van der Waals surface area contributed by atoms with Gasteiger partial charge in [0.25, 0.3) is 0 Å². The number of nitrogens with zero attached hydrogens (tertiary/aromatic N) is 2. The Labute approximate surface area is 117 Å². The zero-order valence-corrected chi connectivity index (χ0v) is 11.5. The molecule has 0 radical (unpaired) electrons. The van der Waals surface area contributed by atoms with Crippen LogP contribution >= 0.6 is 0 Å². The molecule has 1 aromatic rings. The molecule has 0 bridgehead atoms. The summed E-state index contributed by atoms with van der Waals surface area (Å²) in [6, 6.07) is 2.93. The highest BCUT2D eigenvalue weighted by molar-refractivity contribution is 5.96. The smallest absolute Gasteiger partial charge is 0.341 e. The summed E-state index contributed by atoms with van der Waals surface area (Å²) < 4.78 is 4.77. The first-order chi connectivity index (χ1) is 9.69. The lowest BCUT2D eigenvalue weighted by Crippen LogP contribution is -2.58. The number of rotatable bonds is 3. The van der Waals surface area contributed by atoms with Gasteiger partial charge in [-0.3, -0.25) is 4.79 Å². The molecule has 20 heavy (non-hydrogen) atoms. The maximum atomic E-state index is 12.0. The van der Waals surface area contributed by atoms with E-state index in [1.54, 1.807) is 25.4 Å². The minimum Gasteiger partial charge on any atom is -0.465 e. The Bertz CT molecular complexity index is 506. The summed E-state index contributed by atoms with van der Waals surface area (Å²) in [6.07, 6.45) is 1.60. The standard InChI is InChI=1S/C13H18N4O3/c1-14-12(18)10-8-15-6-7-17(10)11-9(13(19)20-2)4-3-5-16-11/h3-5,10,15H,6-8H2,1-2H3,(H,14,18). The molecule has 0 aliphatic carbocycles. The fraction of sp³-hybridized carbons (Fsp3) is 0.462. The third kappa shape index (κ3) is 2.72. The average molecular weight is 278 g/mol. The highest BCUT2D eigenvalue weighted by atomic mass is 16.5. The summed E-state index contributed by atoms with van der Waals surface area (Å²) in [5, 5.41) is 5.80. The van der Waals surface area contributed by atoms with Gasteiger partial charge in [0.2, 0.25) is 5.91 Å². The minimum atomic E-state index is -0.456. The number of hydrogen-bond acceptors (Lipinski definition) is 6. The van der Waals surface area contributed by atoms with Crippen LogP contribution in [0.3, 0.4) is 0 Å². The number of ether oxygens (including phenoxy) is 1. The lowest BCUT2D eigenvalue weighted by Gasteiger charge is -2.36. The minimum absolute atomic E-state index is 0.112. The molecular formula is C13H18N4O3. The molecule has 2 rings (SSSR count). The third-order valence-electron chi connectivity index (χ3n) is 3.26. The number of aromatic nitrogens is 1. The number of anilines is 1. The van der Waals surface area contributed by atoms with Gasteiger partial charge in [0.1, 0.15) is 17.4 Å². The maximum Gasteiger partial charge on any atom is 0.341 e. The summed E-state index contributed by atoms with van der Waals surface area (Å²) in [4.78, 5) is 29.9. The van der Waals surface area contributed by atoms with Gasteiger partial charge in [-0.05, 0) is 12.1 Å². The van der Waals surface area contributed by atoms with E-state index < -0.39 is 12.0 Å². The highest BCUT2D eigenvalue weighted by Crippen LogP contribution is 2.21. The Morgan fingerprint density at radius 1 is 1.55 bits per heavy atom. The van der Waals surface area contributed by atoms with Gasteiger partial charge in [0.15, 0.2) is 0 Å². The van der Waals surface area contributed by atoms with E-state index in [1.165, 1.54) is 7.11 Å². The second-order valence-corrected chi connectivity index (χ2v) is 4.39. The van der Waals surface area contributed by atoms with Crippen molar-refractivity contribution >= 4 is 17.7 Å². The number of pyridine rings is 1. The molecule has 1 unspecified atom stereocenters. The van der Waals surface area contributed by atoms with E-state index >= 15 is 0 Å². The van der Waals surface area contributed by atoms with Crippen LogP contribution in [0.2, 0.25) is 0 Å². The van der Waals surface area contributed by atoms with E-state index in [2.05, 4.69) is 15.6 Å². The molecular weight excluding hydrogens is 260 g/mol. The van der Waals surface area contributed by atoms with Gasteiger partial charge < -0.3 is 20.3 Å². The summed E-state index contributed by atoms with van der Waals surface area (Å²) >= 11 is 0. The van der Waals surface area contributed by atoms with Crippen molar-refractivity contribution in [2.45, 2.75) is 6.04 Å². The largest absolute Gasteiger partial charge is 0.465 e. The molecule has 0 aromatic carbocycles. The SMILES string of the molecule is CNC(=O)C1CNCCN1c1ncccc1C(=O)OC. The molecule has 1 amide bonds. The fourth-order valence-corrected chi connectivity index (χ4v) is 2.25. The van der Waals surface area contributed by atoms with Crippen LogP contribution in [0.15, 0.2) is 18.3 Å². The van der Waals surface area contributed by atoms with Gasteiger partial charge in [0.05, 0.1) is 7.11 Å². The number of likely N-dealkylation sites (N-methyl/N-ethyl adjacent to an activating group) is 1. The van der Waals surface area contributed by atoms with Crippen molar-refractivity contribution in [2.24, 2.45) is 0 Å². The molecule has 7 nitrogen and oxygen atoms in total. The fourth-order valence-electron chi connectivity index (χ4n) is 2.25. The van der Waals surface area contributed by atoms with Gasteiger partial charge >= 0.3 is 5.97 Å². The molecule has 2 N–H and O–H groups in total. The number of nitrogens with one attached hydrogen (secondary N) is 2. The van der Waals surface area contributed by atoms with Crippen molar-refractivity contribution in [3.8, 4) is 0 Å². The van der Waals surface area contributed by atoms with E-state index in [-0.39, 0.29) is 5.91 Å². The topological polar surface area (TPSA) is 83.6 Å². The molecule has 108 valence electrons. The zero-order valence-electron chi connectivity index (χ0n) is 11.5. The van der Waals surface area contributed by atoms with E-state index in [1.807, 2.05) is 4.90 Å². The van der Waals surface area contributed by atoms with Crippen LogP contribution in [-0.2, 0) is 9.53 Å². The summed E-state index contributed by atoms with van der Waals surface area (Å²) in [5.41, 5.74) is 0.366. The van der Waals surface area contributed by atoms with Crippen molar-refractivity contribution in [1.29, 1.82) is 0 Å². The predicted octanol–water partition coefficient (Wildman–Crippen LogP) is -0.608. The number of piperazine rings is 1. The van der Waals surface area contributed by atoms with Crippen LogP contribution < -0.4 is 15.5 Å². The molecule has 1 fully saturated rings. The van der Waals surface area contributed by atoms with Gasteiger partial charge in [-0.1, -0.05) is 0 Å². The van der Waals surface area contributed by atoms with Crippen LogP contribution in [0, 0.1) is 0 Å². The molecule has 1 aliphatic heterocycles. The number of methoxy groups -OCH3 is 1. The Hall–Kier alpha value is -2.15. The van der Waals surface area contributed by atoms with Gasteiger partial charge in [-0.2, -0.15) is 0 Å². The molecule has 0 saturated carbocycles. The monoisotopic (exact) mass is 278 g/mol. The predicted molar refractivity (Wildman–Crippen MR) is 73.6 cm³/mol. The molecule has 1 saturated heterocycles. The third-order valence-corrected chi connectivity index (χ3v) is 3.26. The van der Waals surface area contributed by atoms with Crippen molar-refractivity contribution in [3.05, 3.63) is 23.9 Å². The molecule has 1 aromatic heterocycles. The number of hydrogen-bond donors (Lipinski definition) is 2. The van der Waals surface area contributed by atoms with Crippen LogP contribution in [0.4, 0.5) is 5.82 Å². The Kier molecular flexibility index (Phi) is 4.52. The number of carbonyl (C=O) groups excluding carboxylic acids is 2. The van der Waals surface area contributed by atoms with Gasteiger partial charge in [-0.15, -0.1) is 0 Å². The lowest BCUT2D eigenvalue weighted by molar-refractivity contribution is -0.122. The number of amides is 1. The molecule has 0 spiro atoms. The molecule has 2 heterocycles. The number of carbonyl (C=O) groups is 2. The second-order valence-electron chi connectivity index (χ2n) is 4.39. The second kappa shape index (κ2) is 6.33. The van der Waals surface area contributed by atoms with E-state index in [4.69, 9.17) is 4.74 Å². The summed E-state index contributed by atoms with van der Waals surface area (Å²) in [6.45, 7) is 1.83. The Balaban J connectivity index is 2.37. The lowest BCUT2D eigenvalue weighted by atomic mass is 10.1. The highest BCUT2D eigenvalue weighted by Gasteiger charge is 2.31. The van der Waals surface area contributed by atoms with Crippen LogP contribution in [0.5, 0.6) is 0 Å². The Morgan fingerprint density at radius 3 is 3.05 bits per heavy atom. The first-order valence-corrected chi connectivity index (χ1v) is 6.41. The van der Waals surface area contributed by atoms with Gasteiger partial charge in [-0.25, -0.2) is 9.78 Å². The van der Waals surface area contributed by atoms with E-state index in [0.717, 1.165) is 6.54 Å². The first-order valence-electron chi connectivity index (χ1n) is 6.41. The van der Waals surface area contributed by atoms with Crippen molar-refractivity contribution in [3.63, 3.8) is 0 Å². The first kappa shape index (κ1) is 14.3. The zero-order chi connectivity index (χ0) is 14.5. The number of esters is 1. The van der Waals surface area contributed by atoms with Crippen LogP contribution in [0.25, 0.3) is 0 Å². The van der Waals surface area contributed by atoms with Crippen molar-refractivity contribution in [2.75, 3.05) is 38.7 Å². The van der Waals surface area contributed by atoms with E-state index in [0.29, 0.717) is 24.5 Å². The van der Waals surface area contributed by atoms with Crippen molar-refractivity contribution < 1.29 is 14.3 Å². The average Bonchev–Trinajstić information content (AvgIpc) is 2.53. The van der Waals surface area contributed by atoms with Crippen LogP contribution in [-0.4, -0.2) is 56.7 Å². The van der Waals surface area contributed by atoms with Crippen molar-refractivity contribution in [1.82, 2.24) is 15.6 Å². The summed E-state index contributed by atoms with van der Waals surface area (Å²) in [5.74, 6) is -0.0876. The Morgan fingerprint density at radius 2 is 2.35 bits per heavy atom. The van der Waals surface area contributed by atoms with Gasteiger partial charge in [0, 0.05) is 32.9 Å². The summed E-state index contributed by atoms with van der Waals surface area (Å²) in [7, 11) is 2.92. The molecule has 1 atom stereocenters. The van der Waals surface area contributed by atoms with E-state index in [9.17, 15) is 9.59 Å².